The fraction of sp³-hybridized carbons (Fsp3) is 0.176. The number of anilines is 1. The highest BCUT2D eigenvalue weighted by molar-refractivity contribution is 9.10. The molecule has 3 rings (SSSR count). The minimum Gasteiger partial charge on any atom is -0.507 e. The topological polar surface area (TPSA) is 64.9 Å². The van der Waals surface area contributed by atoms with Crippen LogP contribution < -0.4 is 10.3 Å². The molecule has 2 aromatic carbocycles. The number of aromatic hydroxyl groups is 1. The quantitative estimate of drug-likeness (QED) is 0.492. The fourth-order valence-corrected chi connectivity index (χ4v) is 2.95. The maximum absolute atomic E-state index is 12.1. The molecule has 1 heterocycles. The third-order valence-corrected chi connectivity index (χ3v) is 4.21. The number of carbonyl (C=O) groups excluding carboxylic acids is 1. The van der Waals surface area contributed by atoms with Crippen molar-refractivity contribution in [2.24, 2.45) is 5.10 Å². The smallest absolute Gasteiger partial charge is 0.275 e. The number of halogens is 1. The SMILES string of the molecule is O=C(N/N=C/N1CCCc2ccccc21)c1cc(Br)ccc1O. The zero-order valence-corrected chi connectivity index (χ0v) is 14.0. The number of para-hydroxylation sites is 1. The summed E-state index contributed by atoms with van der Waals surface area (Å²) in [6.07, 6.45) is 3.72. The monoisotopic (exact) mass is 373 g/mol. The summed E-state index contributed by atoms with van der Waals surface area (Å²) in [5.41, 5.74) is 5.02. The zero-order chi connectivity index (χ0) is 16.2. The van der Waals surface area contributed by atoms with Gasteiger partial charge in [-0.25, -0.2) is 5.43 Å². The van der Waals surface area contributed by atoms with E-state index in [9.17, 15) is 9.90 Å². The number of rotatable bonds is 3. The van der Waals surface area contributed by atoms with Gasteiger partial charge in [0.15, 0.2) is 0 Å². The summed E-state index contributed by atoms with van der Waals surface area (Å²) < 4.78 is 0.717. The molecule has 1 aliphatic rings. The Balaban J connectivity index is 1.70. The van der Waals surface area contributed by atoms with Crippen LogP contribution in [0.1, 0.15) is 22.3 Å². The standard InChI is InChI=1S/C17H16BrN3O2/c18-13-7-8-16(22)14(10-13)17(23)20-19-11-21-9-3-5-12-4-1-2-6-15(12)21/h1-2,4,6-8,10-11,22H,3,5,9H2,(H,20,23)/b19-11+. The number of aryl methyl sites for hydroxylation is 1. The minimum atomic E-state index is -0.453. The molecule has 5 nitrogen and oxygen atoms in total. The molecule has 0 atom stereocenters. The van der Waals surface area contributed by atoms with Crippen LogP contribution in [0.4, 0.5) is 5.69 Å². The van der Waals surface area contributed by atoms with E-state index in [0.29, 0.717) is 0 Å². The highest BCUT2D eigenvalue weighted by Crippen LogP contribution is 2.25. The number of phenols is 1. The fourth-order valence-electron chi connectivity index (χ4n) is 2.59. The number of phenolic OH excluding ortho intramolecular Hbond substituents is 1. The molecule has 0 saturated carbocycles. The number of nitrogens with one attached hydrogen (secondary N) is 1. The van der Waals surface area contributed by atoms with Crippen molar-refractivity contribution >= 4 is 33.9 Å². The summed E-state index contributed by atoms with van der Waals surface area (Å²) in [6.45, 7) is 0.860. The summed E-state index contributed by atoms with van der Waals surface area (Å²) >= 11 is 3.28. The van der Waals surface area contributed by atoms with Gasteiger partial charge < -0.3 is 10.0 Å². The first-order valence-electron chi connectivity index (χ1n) is 7.32. The normalized spacial score (nSPS) is 13.9. The van der Waals surface area contributed by atoms with Gasteiger partial charge in [-0.15, -0.1) is 0 Å². The van der Waals surface area contributed by atoms with Crippen molar-refractivity contribution in [2.75, 3.05) is 11.4 Å². The molecule has 0 saturated heterocycles. The molecular weight excluding hydrogens is 358 g/mol. The first kappa shape index (κ1) is 15.6. The maximum Gasteiger partial charge on any atom is 0.275 e. The third-order valence-electron chi connectivity index (χ3n) is 3.71. The molecule has 2 N–H and O–H groups in total. The molecule has 1 amide bonds. The van der Waals surface area contributed by atoms with Gasteiger partial charge in [-0.05, 0) is 42.7 Å². The predicted octanol–water partition coefficient (Wildman–Crippen LogP) is 3.28. The van der Waals surface area contributed by atoms with Crippen LogP contribution in [0, 0.1) is 0 Å². The Morgan fingerprint density at radius 2 is 2.13 bits per heavy atom. The molecular formula is C17H16BrN3O2. The molecule has 6 heteroatoms. The van der Waals surface area contributed by atoms with E-state index in [1.54, 1.807) is 18.5 Å². The van der Waals surface area contributed by atoms with Crippen LogP contribution in [0.25, 0.3) is 0 Å². The number of hydrogen-bond acceptors (Lipinski definition) is 3. The van der Waals surface area contributed by atoms with Gasteiger partial charge in [0.1, 0.15) is 12.1 Å². The van der Waals surface area contributed by atoms with Crippen LogP contribution in [0.2, 0.25) is 0 Å². The van der Waals surface area contributed by atoms with Crippen LogP contribution >= 0.6 is 15.9 Å². The summed E-state index contributed by atoms with van der Waals surface area (Å²) in [7, 11) is 0. The zero-order valence-electron chi connectivity index (χ0n) is 12.4. The van der Waals surface area contributed by atoms with Gasteiger partial charge in [0.25, 0.3) is 5.91 Å². The second-order valence-corrected chi connectivity index (χ2v) is 6.19. The Hall–Kier alpha value is -2.34. The lowest BCUT2D eigenvalue weighted by Crippen LogP contribution is -2.29. The van der Waals surface area contributed by atoms with Crippen LogP contribution in [-0.2, 0) is 6.42 Å². The largest absolute Gasteiger partial charge is 0.507 e. The number of nitrogens with zero attached hydrogens (tertiary/aromatic N) is 2. The average molecular weight is 374 g/mol. The van der Waals surface area contributed by atoms with E-state index in [1.807, 2.05) is 23.1 Å². The molecule has 2 aromatic rings. The van der Waals surface area contributed by atoms with Gasteiger partial charge in [-0.1, -0.05) is 34.1 Å². The molecule has 0 bridgehead atoms. The van der Waals surface area contributed by atoms with Gasteiger partial charge in [-0.3, -0.25) is 4.79 Å². The van der Waals surface area contributed by atoms with Gasteiger partial charge in [0, 0.05) is 16.7 Å². The maximum atomic E-state index is 12.1. The van der Waals surface area contributed by atoms with Crippen molar-refractivity contribution in [3.05, 3.63) is 58.1 Å². The van der Waals surface area contributed by atoms with E-state index in [4.69, 9.17) is 0 Å². The molecule has 0 unspecified atom stereocenters. The molecule has 23 heavy (non-hydrogen) atoms. The summed E-state index contributed by atoms with van der Waals surface area (Å²) in [5.74, 6) is -0.533. The van der Waals surface area contributed by atoms with Gasteiger partial charge in [0.2, 0.25) is 0 Å². The van der Waals surface area contributed by atoms with Crippen molar-refractivity contribution in [1.82, 2.24) is 5.43 Å². The van der Waals surface area contributed by atoms with Gasteiger partial charge >= 0.3 is 0 Å². The molecule has 118 valence electrons. The number of benzene rings is 2. The van der Waals surface area contributed by atoms with E-state index >= 15 is 0 Å². The average Bonchev–Trinajstić information content (AvgIpc) is 2.57. The summed E-state index contributed by atoms with van der Waals surface area (Å²) in [5, 5.41) is 13.8. The Labute approximate surface area is 142 Å². The Morgan fingerprint density at radius 3 is 3.00 bits per heavy atom. The number of carbonyl (C=O) groups is 1. The first-order chi connectivity index (χ1) is 11.1. The predicted molar refractivity (Wildman–Crippen MR) is 93.9 cm³/mol. The van der Waals surface area contributed by atoms with Crippen LogP contribution in [0.15, 0.2) is 52.0 Å². The van der Waals surface area contributed by atoms with E-state index in [0.717, 1.165) is 29.5 Å². The second kappa shape index (κ2) is 6.83. The summed E-state index contributed by atoms with van der Waals surface area (Å²) in [4.78, 5) is 14.1. The number of hydrazone groups is 1. The Kier molecular flexibility index (Phi) is 4.62. The molecule has 0 aromatic heterocycles. The molecule has 0 radical (unpaired) electrons. The van der Waals surface area contributed by atoms with Gasteiger partial charge in [-0.2, -0.15) is 5.10 Å². The molecule has 0 aliphatic carbocycles. The Bertz CT molecular complexity index is 761. The lowest BCUT2D eigenvalue weighted by molar-refractivity contribution is 0.0952. The van der Waals surface area contributed by atoms with Crippen molar-refractivity contribution in [2.45, 2.75) is 12.8 Å². The van der Waals surface area contributed by atoms with E-state index in [2.05, 4.69) is 32.5 Å². The van der Waals surface area contributed by atoms with Crippen LogP contribution in [-0.4, -0.2) is 23.9 Å². The first-order valence-corrected chi connectivity index (χ1v) is 8.11. The van der Waals surface area contributed by atoms with E-state index < -0.39 is 5.91 Å². The Morgan fingerprint density at radius 1 is 1.30 bits per heavy atom. The van der Waals surface area contributed by atoms with Crippen molar-refractivity contribution in [3.63, 3.8) is 0 Å². The van der Waals surface area contributed by atoms with Crippen LogP contribution in [0.3, 0.4) is 0 Å². The lowest BCUT2D eigenvalue weighted by Gasteiger charge is -2.27. The number of fused-ring (bicyclic) bond motifs is 1. The van der Waals surface area contributed by atoms with Crippen molar-refractivity contribution in [3.8, 4) is 5.75 Å². The highest BCUT2D eigenvalue weighted by atomic mass is 79.9. The second-order valence-electron chi connectivity index (χ2n) is 5.27. The van der Waals surface area contributed by atoms with Crippen molar-refractivity contribution in [1.29, 1.82) is 0 Å². The summed E-state index contributed by atoms with van der Waals surface area (Å²) in [6, 6.07) is 12.8. The number of amides is 1. The third kappa shape index (κ3) is 3.53. The molecule has 0 fully saturated rings. The van der Waals surface area contributed by atoms with Gasteiger partial charge in [0.05, 0.1) is 5.56 Å². The van der Waals surface area contributed by atoms with Crippen LogP contribution in [0.5, 0.6) is 5.75 Å². The number of hydrogen-bond donors (Lipinski definition) is 2. The minimum absolute atomic E-state index is 0.0794. The van der Waals surface area contributed by atoms with Crippen molar-refractivity contribution < 1.29 is 9.90 Å². The highest BCUT2D eigenvalue weighted by Gasteiger charge is 2.15. The molecule has 1 aliphatic heterocycles. The van der Waals surface area contributed by atoms with E-state index in [1.165, 1.54) is 11.6 Å². The van der Waals surface area contributed by atoms with E-state index in [-0.39, 0.29) is 11.3 Å². The molecule has 0 spiro atoms. The lowest BCUT2D eigenvalue weighted by atomic mass is 10.0.